The van der Waals surface area contributed by atoms with Gasteiger partial charge in [-0.2, -0.15) is 0 Å². The third kappa shape index (κ3) is 1.53. The first-order valence-electron chi connectivity index (χ1n) is 3.64. The molecule has 0 spiro atoms. The van der Waals surface area contributed by atoms with Gasteiger partial charge in [-0.1, -0.05) is 6.07 Å². The Morgan fingerprint density at radius 2 is 2.17 bits per heavy atom. The highest BCUT2D eigenvalue weighted by Gasteiger charge is 2.01. The summed E-state index contributed by atoms with van der Waals surface area (Å²) in [6.45, 7) is 0.909. The smallest absolute Gasteiger partial charge is 0.0401 e. The lowest BCUT2D eigenvalue weighted by Crippen LogP contribution is -2.10. The van der Waals surface area contributed by atoms with Crippen LogP contribution < -0.4 is 11.1 Å². The fourth-order valence-corrected chi connectivity index (χ4v) is 1.25. The molecule has 0 saturated carbocycles. The van der Waals surface area contributed by atoms with Gasteiger partial charge in [-0.05, 0) is 35.5 Å². The maximum atomic E-state index is 5.63. The summed E-state index contributed by atoms with van der Waals surface area (Å²) in [4.78, 5) is 0. The van der Waals surface area contributed by atoms with Crippen LogP contribution in [0.2, 0.25) is 0 Å². The normalized spacial score (nSPS) is 12.7. The van der Waals surface area contributed by atoms with Crippen LogP contribution in [0.3, 0.4) is 0 Å². The van der Waals surface area contributed by atoms with Gasteiger partial charge >= 0.3 is 0 Å². The molecule has 2 nitrogen and oxygen atoms in total. The standard InChI is InChI=1S/C9H10N2.ClH/c10-9-2-1-8-6-11-4-3-7(8)5-9;/h1-5,11H,6,10H2;1H. The minimum absolute atomic E-state index is 0. The van der Waals surface area contributed by atoms with Crippen molar-refractivity contribution in [1.29, 1.82) is 0 Å². The third-order valence-corrected chi connectivity index (χ3v) is 1.84. The average molecular weight is 183 g/mol. The van der Waals surface area contributed by atoms with Gasteiger partial charge in [-0.3, -0.25) is 0 Å². The van der Waals surface area contributed by atoms with E-state index in [0.29, 0.717) is 0 Å². The number of halogens is 1. The van der Waals surface area contributed by atoms with Gasteiger partial charge < -0.3 is 11.1 Å². The first-order chi connectivity index (χ1) is 5.36. The Kier molecular flexibility index (Phi) is 2.61. The monoisotopic (exact) mass is 182 g/mol. The third-order valence-electron chi connectivity index (χ3n) is 1.84. The highest BCUT2D eigenvalue weighted by atomic mass is 35.5. The second kappa shape index (κ2) is 3.50. The number of nitrogens with two attached hydrogens (primary N) is 1. The zero-order valence-electron chi connectivity index (χ0n) is 6.58. The molecule has 64 valence electrons. The van der Waals surface area contributed by atoms with Gasteiger partial charge in [0.05, 0.1) is 0 Å². The van der Waals surface area contributed by atoms with Crippen LogP contribution in [0.1, 0.15) is 11.1 Å². The molecule has 1 aliphatic heterocycles. The fraction of sp³-hybridized carbons (Fsp3) is 0.111. The largest absolute Gasteiger partial charge is 0.399 e. The van der Waals surface area contributed by atoms with Gasteiger partial charge in [-0.25, -0.2) is 0 Å². The highest BCUT2D eigenvalue weighted by Crippen LogP contribution is 2.17. The predicted molar refractivity (Wildman–Crippen MR) is 54.0 cm³/mol. The molecule has 2 rings (SSSR count). The van der Waals surface area contributed by atoms with Gasteiger partial charge in [0, 0.05) is 12.2 Å². The quantitative estimate of drug-likeness (QED) is 0.601. The van der Waals surface area contributed by atoms with Gasteiger partial charge in [0.15, 0.2) is 0 Å². The highest BCUT2D eigenvalue weighted by molar-refractivity contribution is 5.85. The van der Waals surface area contributed by atoms with Crippen molar-refractivity contribution < 1.29 is 0 Å². The Bertz CT molecular complexity index is 307. The number of benzene rings is 1. The van der Waals surface area contributed by atoms with Crippen molar-refractivity contribution in [3.63, 3.8) is 0 Å². The Labute approximate surface area is 77.9 Å². The lowest BCUT2D eigenvalue weighted by atomic mass is 10.0. The van der Waals surface area contributed by atoms with E-state index in [1.54, 1.807) is 0 Å². The van der Waals surface area contributed by atoms with E-state index in [4.69, 9.17) is 5.73 Å². The zero-order valence-corrected chi connectivity index (χ0v) is 7.40. The van der Waals surface area contributed by atoms with E-state index in [-0.39, 0.29) is 12.4 Å². The number of fused-ring (bicyclic) bond motifs is 1. The van der Waals surface area contributed by atoms with Crippen molar-refractivity contribution in [2.45, 2.75) is 6.54 Å². The first-order valence-corrected chi connectivity index (χ1v) is 3.64. The van der Waals surface area contributed by atoms with Crippen LogP contribution in [0.5, 0.6) is 0 Å². The molecule has 1 aliphatic rings. The Balaban J connectivity index is 0.000000720. The number of hydrogen-bond donors (Lipinski definition) is 2. The van der Waals surface area contributed by atoms with E-state index in [1.165, 1.54) is 11.1 Å². The Hall–Kier alpha value is -1.15. The fourth-order valence-electron chi connectivity index (χ4n) is 1.25. The van der Waals surface area contributed by atoms with Crippen molar-refractivity contribution in [2.75, 3.05) is 5.73 Å². The molecule has 0 amide bonds. The van der Waals surface area contributed by atoms with E-state index >= 15 is 0 Å². The summed E-state index contributed by atoms with van der Waals surface area (Å²) < 4.78 is 0. The minimum Gasteiger partial charge on any atom is -0.399 e. The first kappa shape index (κ1) is 8.94. The molecule has 0 bridgehead atoms. The lowest BCUT2D eigenvalue weighted by molar-refractivity contribution is 0.859. The second-order valence-electron chi connectivity index (χ2n) is 2.67. The van der Waals surface area contributed by atoms with Crippen LogP contribution in [0.15, 0.2) is 24.4 Å². The molecule has 12 heavy (non-hydrogen) atoms. The maximum absolute atomic E-state index is 5.63. The molecule has 0 radical (unpaired) electrons. The molecule has 0 unspecified atom stereocenters. The maximum Gasteiger partial charge on any atom is 0.0401 e. The molecular formula is C9H11ClN2. The average Bonchev–Trinajstić information content (AvgIpc) is 2.04. The Morgan fingerprint density at radius 3 is 3.00 bits per heavy atom. The van der Waals surface area contributed by atoms with Gasteiger partial charge in [0.1, 0.15) is 0 Å². The van der Waals surface area contributed by atoms with E-state index in [1.807, 2.05) is 24.4 Å². The van der Waals surface area contributed by atoms with E-state index in [0.717, 1.165) is 12.2 Å². The van der Waals surface area contributed by atoms with Gasteiger partial charge in [-0.15, -0.1) is 12.4 Å². The van der Waals surface area contributed by atoms with Crippen LogP contribution in [0.4, 0.5) is 5.69 Å². The molecule has 0 aliphatic carbocycles. The Morgan fingerprint density at radius 1 is 1.33 bits per heavy atom. The molecule has 3 heteroatoms. The van der Waals surface area contributed by atoms with Crippen LogP contribution in [0.25, 0.3) is 6.08 Å². The summed E-state index contributed by atoms with van der Waals surface area (Å²) in [5.74, 6) is 0. The lowest BCUT2D eigenvalue weighted by Gasteiger charge is -2.11. The molecule has 1 aromatic rings. The summed E-state index contributed by atoms with van der Waals surface area (Å²) >= 11 is 0. The molecule has 0 saturated heterocycles. The number of hydrogen-bond acceptors (Lipinski definition) is 2. The summed E-state index contributed by atoms with van der Waals surface area (Å²) in [5.41, 5.74) is 8.99. The number of nitrogen functional groups attached to an aromatic ring is 1. The van der Waals surface area contributed by atoms with E-state index < -0.39 is 0 Å². The van der Waals surface area contributed by atoms with Crippen molar-refractivity contribution in [3.05, 3.63) is 35.5 Å². The van der Waals surface area contributed by atoms with Crippen LogP contribution in [-0.2, 0) is 6.54 Å². The van der Waals surface area contributed by atoms with Crippen LogP contribution >= 0.6 is 12.4 Å². The van der Waals surface area contributed by atoms with Gasteiger partial charge in [0.25, 0.3) is 0 Å². The predicted octanol–water partition coefficient (Wildman–Crippen LogP) is 1.76. The molecule has 1 heterocycles. The second-order valence-corrected chi connectivity index (χ2v) is 2.67. The van der Waals surface area contributed by atoms with Crippen molar-refractivity contribution in [1.82, 2.24) is 5.32 Å². The zero-order chi connectivity index (χ0) is 7.68. The molecule has 1 aromatic carbocycles. The minimum atomic E-state index is 0. The van der Waals surface area contributed by atoms with Crippen LogP contribution in [0, 0.1) is 0 Å². The van der Waals surface area contributed by atoms with E-state index in [9.17, 15) is 0 Å². The summed E-state index contributed by atoms with van der Waals surface area (Å²) in [7, 11) is 0. The summed E-state index contributed by atoms with van der Waals surface area (Å²) in [5, 5.41) is 3.14. The van der Waals surface area contributed by atoms with Crippen molar-refractivity contribution in [3.8, 4) is 0 Å². The number of rotatable bonds is 0. The van der Waals surface area contributed by atoms with Gasteiger partial charge in [0.2, 0.25) is 0 Å². The molecule has 0 fully saturated rings. The van der Waals surface area contributed by atoms with E-state index in [2.05, 4.69) is 11.4 Å². The molecule has 0 aromatic heterocycles. The molecular weight excluding hydrogens is 172 g/mol. The number of nitrogens with one attached hydrogen (secondary N) is 1. The summed E-state index contributed by atoms with van der Waals surface area (Å²) in [6.07, 6.45) is 3.98. The molecule has 0 atom stereocenters. The van der Waals surface area contributed by atoms with Crippen LogP contribution in [-0.4, -0.2) is 0 Å². The SMILES string of the molecule is Cl.Nc1ccc2c(c1)C=CNC2. The topological polar surface area (TPSA) is 38.0 Å². The van der Waals surface area contributed by atoms with Crippen molar-refractivity contribution in [2.24, 2.45) is 0 Å². The number of anilines is 1. The summed E-state index contributed by atoms with van der Waals surface area (Å²) in [6, 6.07) is 5.98. The van der Waals surface area contributed by atoms with Crippen molar-refractivity contribution >= 4 is 24.2 Å². The molecule has 3 N–H and O–H groups in total.